The van der Waals surface area contributed by atoms with Crippen molar-refractivity contribution in [3.8, 4) is 0 Å². The summed E-state index contributed by atoms with van der Waals surface area (Å²) in [5.41, 5.74) is 8.21. The van der Waals surface area contributed by atoms with Gasteiger partial charge in [-0.2, -0.15) is 0 Å². The van der Waals surface area contributed by atoms with E-state index in [4.69, 9.17) is 5.73 Å². The Morgan fingerprint density at radius 2 is 1.18 bits per heavy atom. The number of nitrogens with two attached hydrogens (primary N) is 1. The largest absolute Gasteiger partial charge is 0.399 e. The third kappa shape index (κ3) is 2.87. The van der Waals surface area contributed by atoms with E-state index in [1.54, 1.807) is 0 Å². The van der Waals surface area contributed by atoms with Crippen molar-refractivity contribution in [2.45, 2.75) is 12.0 Å². The van der Waals surface area contributed by atoms with Crippen LogP contribution >= 0.6 is 0 Å². The van der Waals surface area contributed by atoms with Crippen molar-refractivity contribution in [2.75, 3.05) is 5.73 Å². The molecule has 0 aromatic heterocycles. The van der Waals surface area contributed by atoms with Crippen LogP contribution in [0, 0.1) is 0 Å². The van der Waals surface area contributed by atoms with Crippen LogP contribution in [0.3, 0.4) is 0 Å². The number of rotatable bonds is 4. The SMILES string of the molecule is Nc1ccc(C(O)(Cc2ccccc2)c2ccccc2)cc1. The standard InChI is InChI=1S/C20H19NO/c21-19-13-11-18(12-14-19)20(22,17-9-5-2-6-10-17)15-16-7-3-1-4-8-16/h1-14,22H,15,21H2. The van der Waals surface area contributed by atoms with Gasteiger partial charge in [-0.1, -0.05) is 72.8 Å². The van der Waals surface area contributed by atoms with Gasteiger partial charge in [0.25, 0.3) is 0 Å². The summed E-state index contributed by atoms with van der Waals surface area (Å²) >= 11 is 0. The highest BCUT2D eigenvalue weighted by molar-refractivity contribution is 5.45. The fraction of sp³-hybridized carbons (Fsp3) is 0.100. The van der Waals surface area contributed by atoms with Crippen molar-refractivity contribution in [2.24, 2.45) is 0 Å². The second-order valence-corrected chi connectivity index (χ2v) is 5.51. The molecule has 0 amide bonds. The van der Waals surface area contributed by atoms with Crippen molar-refractivity contribution < 1.29 is 5.11 Å². The Labute approximate surface area is 130 Å². The fourth-order valence-electron chi connectivity index (χ4n) is 2.73. The summed E-state index contributed by atoms with van der Waals surface area (Å²) in [4.78, 5) is 0. The quantitative estimate of drug-likeness (QED) is 0.719. The Morgan fingerprint density at radius 1 is 0.682 bits per heavy atom. The van der Waals surface area contributed by atoms with E-state index in [9.17, 15) is 5.11 Å². The zero-order valence-electron chi connectivity index (χ0n) is 12.3. The van der Waals surface area contributed by atoms with Gasteiger partial charge in [0.2, 0.25) is 0 Å². The molecule has 2 heteroatoms. The van der Waals surface area contributed by atoms with E-state index in [0.29, 0.717) is 12.1 Å². The first-order valence-corrected chi connectivity index (χ1v) is 7.36. The molecule has 0 aliphatic carbocycles. The van der Waals surface area contributed by atoms with Crippen LogP contribution in [0.1, 0.15) is 16.7 Å². The summed E-state index contributed by atoms with van der Waals surface area (Å²) in [6.07, 6.45) is 0.516. The number of nitrogen functional groups attached to an aromatic ring is 1. The molecule has 0 saturated heterocycles. The molecule has 3 N–H and O–H groups in total. The summed E-state index contributed by atoms with van der Waals surface area (Å²) < 4.78 is 0. The van der Waals surface area contributed by atoms with Crippen LogP contribution in [0.2, 0.25) is 0 Å². The summed E-state index contributed by atoms with van der Waals surface area (Å²) in [5.74, 6) is 0. The molecular formula is C20H19NO. The second-order valence-electron chi connectivity index (χ2n) is 5.51. The van der Waals surface area contributed by atoms with Crippen molar-refractivity contribution in [3.63, 3.8) is 0 Å². The Kier molecular flexibility index (Phi) is 3.94. The average Bonchev–Trinajstić information content (AvgIpc) is 2.57. The number of anilines is 1. The van der Waals surface area contributed by atoms with Gasteiger partial charge in [0, 0.05) is 12.1 Å². The van der Waals surface area contributed by atoms with E-state index < -0.39 is 5.60 Å². The van der Waals surface area contributed by atoms with Gasteiger partial charge in [-0.15, -0.1) is 0 Å². The highest BCUT2D eigenvalue weighted by Gasteiger charge is 2.31. The molecule has 3 aromatic carbocycles. The number of aliphatic hydroxyl groups is 1. The number of hydrogen-bond donors (Lipinski definition) is 2. The summed E-state index contributed by atoms with van der Waals surface area (Å²) in [6, 6.07) is 27.2. The molecular weight excluding hydrogens is 270 g/mol. The maximum Gasteiger partial charge on any atom is 0.119 e. The molecule has 1 unspecified atom stereocenters. The zero-order chi connectivity index (χ0) is 15.4. The maximum absolute atomic E-state index is 11.5. The van der Waals surface area contributed by atoms with E-state index >= 15 is 0 Å². The van der Waals surface area contributed by atoms with Crippen LogP contribution in [0.15, 0.2) is 84.9 Å². The number of hydrogen-bond acceptors (Lipinski definition) is 2. The normalized spacial score (nSPS) is 13.5. The highest BCUT2D eigenvalue weighted by atomic mass is 16.3. The molecule has 0 aliphatic heterocycles. The van der Waals surface area contributed by atoms with Gasteiger partial charge in [0.05, 0.1) is 0 Å². The molecule has 22 heavy (non-hydrogen) atoms. The summed E-state index contributed by atoms with van der Waals surface area (Å²) in [6.45, 7) is 0. The van der Waals surface area contributed by atoms with Gasteiger partial charge in [0.15, 0.2) is 0 Å². The Hall–Kier alpha value is -2.58. The minimum absolute atomic E-state index is 0.516. The maximum atomic E-state index is 11.5. The van der Waals surface area contributed by atoms with E-state index in [1.807, 2.05) is 84.9 Å². The smallest absolute Gasteiger partial charge is 0.119 e. The van der Waals surface area contributed by atoms with Crippen molar-refractivity contribution in [1.82, 2.24) is 0 Å². The molecule has 0 spiro atoms. The molecule has 0 radical (unpaired) electrons. The molecule has 0 bridgehead atoms. The number of benzene rings is 3. The zero-order valence-corrected chi connectivity index (χ0v) is 12.3. The fourth-order valence-corrected chi connectivity index (χ4v) is 2.73. The molecule has 0 aliphatic rings. The first kappa shape index (κ1) is 14.4. The van der Waals surface area contributed by atoms with Gasteiger partial charge in [-0.05, 0) is 28.8 Å². The van der Waals surface area contributed by atoms with Crippen LogP contribution in [-0.4, -0.2) is 5.11 Å². The van der Waals surface area contributed by atoms with Crippen LogP contribution in [0.25, 0.3) is 0 Å². The van der Waals surface area contributed by atoms with E-state index in [1.165, 1.54) is 0 Å². The molecule has 0 heterocycles. The lowest BCUT2D eigenvalue weighted by Crippen LogP contribution is -2.30. The lowest BCUT2D eigenvalue weighted by atomic mass is 9.81. The molecule has 110 valence electrons. The lowest BCUT2D eigenvalue weighted by molar-refractivity contribution is 0.0811. The van der Waals surface area contributed by atoms with Gasteiger partial charge in [-0.25, -0.2) is 0 Å². The van der Waals surface area contributed by atoms with Crippen molar-refractivity contribution in [1.29, 1.82) is 0 Å². The average molecular weight is 289 g/mol. The Balaban J connectivity index is 2.07. The summed E-state index contributed by atoms with van der Waals surface area (Å²) in [5, 5.41) is 11.5. The molecule has 1 atom stereocenters. The van der Waals surface area contributed by atoms with Gasteiger partial charge >= 0.3 is 0 Å². The van der Waals surface area contributed by atoms with Crippen LogP contribution in [-0.2, 0) is 12.0 Å². The lowest BCUT2D eigenvalue weighted by Gasteiger charge is -2.30. The second kappa shape index (κ2) is 6.04. The molecule has 3 aromatic rings. The molecule has 3 rings (SSSR count). The minimum atomic E-state index is -1.07. The third-order valence-corrected chi connectivity index (χ3v) is 3.94. The monoisotopic (exact) mass is 289 g/mol. The van der Waals surface area contributed by atoms with Gasteiger partial charge in [-0.3, -0.25) is 0 Å². The van der Waals surface area contributed by atoms with Gasteiger partial charge < -0.3 is 10.8 Å². The van der Waals surface area contributed by atoms with Crippen molar-refractivity contribution in [3.05, 3.63) is 102 Å². The first-order valence-electron chi connectivity index (χ1n) is 7.36. The predicted molar refractivity (Wildman–Crippen MR) is 90.4 cm³/mol. The molecule has 2 nitrogen and oxygen atoms in total. The Bertz CT molecular complexity index is 723. The Morgan fingerprint density at radius 3 is 1.77 bits per heavy atom. The van der Waals surface area contributed by atoms with Gasteiger partial charge in [0.1, 0.15) is 5.60 Å². The molecule has 0 saturated carbocycles. The van der Waals surface area contributed by atoms with Crippen LogP contribution in [0.5, 0.6) is 0 Å². The third-order valence-electron chi connectivity index (χ3n) is 3.94. The van der Waals surface area contributed by atoms with E-state index in [0.717, 1.165) is 16.7 Å². The minimum Gasteiger partial charge on any atom is -0.399 e. The highest BCUT2D eigenvalue weighted by Crippen LogP contribution is 2.33. The summed E-state index contributed by atoms with van der Waals surface area (Å²) in [7, 11) is 0. The van der Waals surface area contributed by atoms with Crippen LogP contribution in [0.4, 0.5) is 5.69 Å². The van der Waals surface area contributed by atoms with E-state index in [-0.39, 0.29) is 0 Å². The first-order chi connectivity index (χ1) is 10.7. The van der Waals surface area contributed by atoms with Crippen LogP contribution < -0.4 is 5.73 Å². The molecule has 0 fully saturated rings. The van der Waals surface area contributed by atoms with Crippen molar-refractivity contribution >= 4 is 5.69 Å². The van der Waals surface area contributed by atoms with E-state index in [2.05, 4.69) is 0 Å². The predicted octanol–water partition coefficient (Wildman–Crippen LogP) is 3.75. The topological polar surface area (TPSA) is 46.2 Å².